The van der Waals surface area contributed by atoms with Crippen molar-refractivity contribution in [3.63, 3.8) is 0 Å². The standard InChI is InChI=1S/C13H12O2S/c1-2-15-13(14)11-6-3-5-10(9-11)12-7-4-8-16-12/h3-9H,2H2,1H3. The van der Waals surface area contributed by atoms with Gasteiger partial charge in [-0.2, -0.15) is 0 Å². The Kier molecular flexibility index (Phi) is 3.37. The Labute approximate surface area is 98.5 Å². The summed E-state index contributed by atoms with van der Waals surface area (Å²) in [4.78, 5) is 12.7. The Morgan fingerprint density at radius 1 is 1.31 bits per heavy atom. The Morgan fingerprint density at radius 3 is 2.88 bits per heavy atom. The van der Waals surface area contributed by atoms with Gasteiger partial charge < -0.3 is 4.74 Å². The van der Waals surface area contributed by atoms with Gasteiger partial charge in [0.1, 0.15) is 0 Å². The van der Waals surface area contributed by atoms with E-state index >= 15 is 0 Å². The Balaban J connectivity index is 2.30. The second-order valence-electron chi connectivity index (χ2n) is 3.28. The first-order chi connectivity index (χ1) is 7.81. The minimum atomic E-state index is -0.263. The quantitative estimate of drug-likeness (QED) is 0.756. The zero-order valence-corrected chi connectivity index (χ0v) is 9.79. The van der Waals surface area contributed by atoms with Crippen molar-refractivity contribution in [2.45, 2.75) is 6.92 Å². The number of benzene rings is 1. The molecule has 0 spiro atoms. The molecule has 0 aliphatic heterocycles. The number of carbonyl (C=O) groups excluding carboxylic acids is 1. The molecular formula is C13H12O2S. The molecule has 2 rings (SSSR count). The molecule has 0 saturated carbocycles. The van der Waals surface area contributed by atoms with Gasteiger partial charge in [0.15, 0.2) is 0 Å². The van der Waals surface area contributed by atoms with Crippen LogP contribution in [0.3, 0.4) is 0 Å². The maximum atomic E-state index is 11.5. The molecule has 0 aliphatic carbocycles. The molecule has 1 heterocycles. The predicted molar refractivity (Wildman–Crippen MR) is 65.7 cm³/mol. The maximum Gasteiger partial charge on any atom is 0.338 e. The van der Waals surface area contributed by atoms with Gasteiger partial charge in [0.2, 0.25) is 0 Å². The first-order valence-corrected chi connectivity index (χ1v) is 6.00. The van der Waals surface area contributed by atoms with Crippen LogP contribution in [0.5, 0.6) is 0 Å². The van der Waals surface area contributed by atoms with E-state index in [9.17, 15) is 4.79 Å². The third-order valence-electron chi connectivity index (χ3n) is 2.18. The average molecular weight is 232 g/mol. The average Bonchev–Trinajstić information content (AvgIpc) is 2.83. The molecule has 2 nitrogen and oxygen atoms in total. The zero-order chi connectivity index (χ0) is 11.4. The number of carbonyl (C=O) groups is 1. The van der Waals surface area contributed by atoms with Crippen LogP contribution >= 0.6 is 11.3 Å². The van der Waals surface area contributed by atoms with E-state index in [1.807, 2.05) is 35.7 Å². The molecule has 0 fully saturated rings. The van der Waals surface area contributed by atoms with Crippen LogP contribution in [0.1, 0.15) is 17.3 Å². The molecule has 16 heavy (non-hydrogen) atoms. The van der Waals surface area contributed by atoms with Gasteiger partial charge >= 0.3 is 5.97 Å². The highest BCUT2D eigenvalue weighted by Gasteiger charge is 2.07. The van der Waals surface area contributed by atoms with Gasteiger partial charge in [-0.15, -0.1) is 11.3 Å². The summed E-state index contributed by atoms with van der Waals surface area (Å²) in [6, 6.07) is 11.5. The highest BCUT2D eigenvalue weighted by Crippen LogP contribution is 2.25. The molecule has 2 aromatic rings. The summed E-state index contributed by atoms with van der Waals surface area (Å²) < 4.78 is 4.96. The summed E-state index contributed by atoms with van der Waals surface area (Å²) in [6.07, 6.45) is 0. The van der Waals surface area contributed by atoms with Crippen molar-refractivity contribution in [3.05, 3.63) is 47.3 Å². The number of hydrogen-bond acceptors (Lipinski definition) is 3. The summed E-state index contributed by atoms with van der Waals surface area (Å²) >= 11 is 1.66. The molecule has 0 bridgehead atoms. The molecule has 0 atom stereocenters. The molecule has 1 aromatic carbocycles. The van der Waals surface area contributed by atoms with Gasteiger partial charge in [0, 0.05) is 4.88 Å². The van der Waals surface area contributed by atoms with Gasteiger partial charge in [-0.1, -0.05) is 18.2 Å². The first-order valence-electron chi connectivity index (χ1n) is 5.12. The summed E-state index contributed by atoms with van der Waals surface area (Å²) in [5, 5.41) is 2.02. The number of esters is 1. The van der Waals surface area contributed by atoms with E-state index in [4.69, 9.17) is 4.74 Å². The van der Waals surface area contributed by atoms with Crippen LogP contribution in [0.15, 0.2) is 41.8 Å². The second kappa shape index (κ2) is 4.94. The van der Waals surface area contributed by atoms with Gasteiger partial charge in [-0.3, -0.25) is 0 Å². The minimum absolute atomic E-state index is 0.263. The van der Waals surface area contributed by atoms with Gasteiger partial charge in [0.25, 0.3) is 0 Å². The second-order valence-corrected chi connectivity index (χ2v) is 4.23. The molecule has 0 saturated heterocycles. The van der Waals surface area contributed by atoms with Crippen LogP contribution in [0.25, 0.3) is 10.4 Å². The van der Waals surface area contributed by atoms with Crippen LogP contribution in [-0.4, -0.2) is 12.6 Å². The van der Waals surface area contributed by atoms with Gasteiger partial charge in [0.05, 0.1) is 12.2 Å². The minimum Gasteiger partial charge on any atom is -0.462 e. The number of ether oxygens (including phenoxy) is 1. The van der Waals surface area contributed by atoms with Gasteiger partial charge in [-0.05, 0) is 36.1 Å². The van der Waals surface area contributed by atoms with Crippen LogP contribution < -0.4 is 0 Å². The van der Waals surface area contributed by atoms with Crippen molar-refractivity contribution in [2.75, 3.05) is 6.61 Å². The van der Waals surface area contributed by atoms with Crippen LogP contribution in [0.2, 0.25) is 0 Å². The number of rotatable bonds is 3. The molecule has 82 valence electrons. The van der Waals surface area contributed by atoms with Crippen molar-refractivity contribution in [1.82, 2.24) is 0 Å². The van der Waals surface area contributed by atoms with Crippen molar-refractivity contribution in [2.24, 2.45) is 0 Å². The SMILES string of the molecule is CCOC(=O)c1cccc(-c2cccs2)c1. The summed E-state index contributed by atoms with van der Waals surface area (Å²) in [5.74, 6) is -0.263. The molecule has 0 amide bonds. The van der Waals surface area contributed by atoms with E-state index in [2.05, 4.69) is 0 Å². The summed E-state index contributed by atoms with van der Waals surface area (Å²) in [5.41, 5.74) is 1.66. The highest BCUT2D eigenvalue weighted by atomic mass is 32.1. The van der Waals surface area contributed by atoms with E-state index in [1.165, 1.54) is 0 Å². The van der Waals surface area contributed by atoms with Crippen LogP contribution in [-0.2, 0) is 4.74 Å². The van der Waals surface area contributed by atoms with Gasteiger partial charge in [-0.25, -0.2) is 4.79 Å². The summed E-state index contributed by atoms with van der Waals surface area (Å²) in [7, 11) is 0. The molecule has 0 aliphatic rings. The van der Waals surface area contributed by atoms with Crippen LogP contribution in [0.4, 0.5) is 0 Å². The third-order valence-corrected chi connectivity index (χ3v) is 3.10. The van der Waals surface area contributed by atoms with E-state index < -0.39 is 0 Å². The van der Waals surface area contributed by atoms with Crippen molar-refractivity contribution in [1.29, 1.82) is 0 Å². The molecule has 0 unspecified atom stereocenters. The largest absolute Gasteiger partial charge is 0.462 e. The van der Waals surface area contributed by atoms with E-state index in [0.29, 0.717) is 12.2 Å². The van der Waals surface area contributed by atoms with E-state index in [0.717, 1.165) is 10.4 Å². The monoisotopic (exact) mass is 232 g/mol. The lowest BCUT2D eigenvalue weighted by molar-refractivity contribution is 0.0526. The predicted octanol–water partition coefficient (Wildman–Crippen LogP) is 3.59. The smallest absolute Gasteiger partial charge is 0.338 e. The fourth-order valence-electron chi connectivity index (χ4n) is 1.46. The lowest BCUT2D eigenvalue weighted by Gasteiger charge is -2.03. The normalized spacial score (nSPS) is 10.1. The lowest BCUT2D eigenvalue weighted by atomic mass is 10.1. The fraction of sp³-hybridized carbons (Fsp3) is 0.154. The highest BCUT2D eigenvalue weighted by molar-refractivity contribution is 7.13. The first kappa shape index (κ1) is 10.9. The Bertz CT molecular complexity index is 474. The molecule has 0 N–H and O–H groups in total. The fourth-order valence-corrected chi connectivity index (χ4v) is 2.18. The third kappa shape index (κ3) is 2.31. The molecular weight excluding hydrogens is 220 g/mol. The van der Waals surface area contributed by atoms with Crippen molar-refractivity contribution >= 4 is 17.3 Å². The van der Waals surface area contributed by atoms with Crippen molar-refractivity contribution in [3.8, 4) is 10.4 Å². The van der Waals surface area contributed by atoms with Crippen molar-refractivity contribution < 1.29 is 9.53 Å². The summed E-state index contributed by atoms with van der Waals surface area (Å²) in [6.45, 7) is 2.21. The topological polar surface area (TPSA) is 26.3 Å². The molecule has 1 aromatic heterocycles. The number of hydrogen-bond donors (Lipinski definition) is 0. The van der Waals surface area contributed by atoms with E-state index in [1.54, 1.807) is 24.3 Å². The lowest BCUT2D eigenvalue weighted by Crippen LogP contribution is -2.04. The number of thiophene rings is 1. The molecule has 0 radical (unpaired) electrons. The maximum absolute atomic E-state index is 11.5. The zero-order valence-electron chi connectivity index (χ0n) is 8.97. The van der Waals surface area contributed by atoms with E-state index in [-0.39, 0.29) is 5.97 Å². The molecule has 3 heteroatoms. The Hall–Kier alpha value is -1.61. The van der Waals surface area contributed by atoms with Crippen LogP contribution in [0, 0.1) is 0 Å². The Morgan fingerprint density at radius 2 is 2.19 bits per heavy atom.